The number of hydrogen-bond acceptors (Lipinski definition) is 2. The van der Waals surface area contributed by atoms with E-state index >= 15 is 0 Å². The topological polar surface area (TPSA) is 26.3 Å². The number of benzene rings is 1. The molecule has 82 valence electrons. The molecule has 1 atom stereocenters. The smallest absolute Gasteiger partial charge is 0.312 e. The van der Waals surface area contributed by atoms with E-state index in [1.807, 2.05) is 32.0 Å². The zero-order valence-electron chi connectivity index (χ0n) is 9.21. The van der Waals surface area contributed by atoms with Gasteiger partial charge in [-0.2, -0.15) is 0 Å². The number of aryl methyl sites for hydroxylation is 1. The number of rotatable bonds is 3. The van der Waals surface area contributed by atoms with E-state index < -0.39 is 0 Å². The second-order valence-corrected chi connectivity index (χ2v) is 3.86. The molecule has 0 heterocycles. The monoisotopic (exact) mass is 226 g/mol. The Kier molecular flexibility index (Phi) is 4.15. The maximum atomic E-state index is 11.3. The molecule has 1 unspecified atom stereocenters. The van der Waals surface area contributed by atoms with Gasteiger partial charge in [-0.1, -0.05) is 30.7 Å². The van der Waals surface area contributed by atoms with Gasteiger partial charge in [-0.3, -0.25) is 4.79 Å². The molecule has 0 bridgehead atoms. The van der Waals surface area contributed by atoms with E-state index in [1.54, 1.807) is 0 Å². The molecule has 2 nitrogen and oxygen atoms in total. The van der Waals surface area contributed by atoms with Crippen LogP contribution in [0.2, 0.25) is 5.02 Å². The van der Waals surface area contributed by atoms with Gasteiger partial charge in [0.1, 0.15) is 0 Å². The summed E-state index contributed by atoms with van der Waals surface area (Å²) in [6.45, 7) is 3.85. The van der Waals surface area contributed by atoms with Crippen molar-refractivity contribution in [3.8, 4) is 0 Å². The summed E-state index contributed by atoms with van der Waals surface area (Å²) in [6, 6.07) is 5.71. The zero-order valence-corrected chi connectivity index (χ0v) is 9.97. The highest BCUT2D eigenvalue weighted by Crippen LogP contribution is 2.24. The lowest BCUT2D eigenvalue weighted by atomic mass is 9.99. The Morgan fingerprint density at radius 2 is 2.20 bits per heavy atom. The molecule has 0 saturated carbocycles. The lowest BCUT2D eigenvalue weighted by molar-refractivity contribution is -0.141. The zero-order chi connectivity index (χ0) is 11.4. The molecule has 0 aliphatic heterocycles. The van der Waals surface area contributed by atoms with E-state index in [1.165, 1.54) is 7.11 Å². The van der Waals surface area contributed by atoms with E-state index in [0.717, 1.165) is 17.5 Å². The molecule has 0 saturated heterocycles. The van der Waals surface area contributed by atoms with Crippen LogP contribution in [0.3, 0.4) is 0 Å². The van der Waals surface area contributed by atoms with Crippen molar-refractivity contribution < 1.29 is 9.53 Å². The Morgan fingerprint density at radius 1 is 1.53 bits per heavy atom. The van der Waals surface area contributed by atoms with Crippen LogP contribution < -0.4 is 0 Å². The highest BCUT2D eigenvalue weighted by atomic mass is 35.5. The maximum absolute atomic E-state index is 11.3. The summed E-state index contributed by atoms with van der Waals surface area (Å²) in [5.74, 6) is -0.506. The van der Waals surface area contributed by atoms with Crippen LogP contribution in [0.15, 0.2) is 18.2 Å². The van der Waals surface area contributed by atoms with Crippen molar-refractivity contribution in [2.45, 2.75) is 26.2 Å². The highest BCUT2D eigenvalue weighted by molar-refractivity contribution is 6.31. The van der Waals surface area contributed by atoms with Crippen molar-refractivity contribution in [1.82, 2.24) is 0 Å². The number of carbonyl (C=O) groups is 1. The predicted octanol–water partition coefficient (Wildman–Crippen LogP) is 3.18. The first-order valence-corrected chi connectivity index (χ1v) is 5.34. The number of methoxy groups -OCH3 is 1. The molecule has 1 aromatic carbocycles. The molecule has 0 aliphatic carbocycles. The molecule has 0 radical (unpaired) electrons. The predicted molar refractivity (Wildman–Crippen MR) is 61.3 cm³/mol. The molecule has 1 aromatic rings. The Bertz CT molecular complexity index is 361. The molecular weight excluding hydrogens is 212 g/mol. The van der Waals surface area contributed by atoms with Crippen molar-refractivity contribution in [3.05, 3.63) is 34.3 Å². The Labute approximate surface area is 95.2 Å². The standard InChI is InChI=1S/C12H15ClO2/c1-4-9-5-6-10(7-11(9)13)8(2)12(14)15-3/h5-8H,4H2,1-3H3. The van der Waals surface area contributed by atoms with E-state index in [2.05, 4.69) is 4.74 Å². The van der Waals surface area contributed by atoms with Crippen LogP contribution in [-0.4, -0.2) is 13.1 Å². The van der Waals surface area contributed by atoms with Gasteiger partial charge in [0.2, 0.25) is 0 Å². The minimum atomic E-state index is -0.265. The van der Waals surface area contributed by atoms with E-state index in [0.29, 0.717) is 5.02 Å². The highest BCUT2D eigenvalue weighted by Gasteiger charge is 2.16. The minimum absolute atomic E-state index is 0.240. The van der Waals surface area contributed by atoms with Crippen LogP contribution in [-0.2, 0) is 16.0 Å². The van der Waals surface area contributed by atoms with Gasteiger partial charge in [-0.15, -0.1) is 0 Å². The first-order valence-electron chi connectivity index (χ1n) is 4.96. The quantitative estimate of drug-likeness (QED) is 0.740. The Morgan fingerprint density at radius 3 is 2.67 bits per heavy atom. The molecule has 3 heteroatoms. The lowest BCUT2D eigenvalue weighted by Crippen LogP contribution is -2.10. The van der Waals surface area contributed by atoms with Crippen LogP contribution in [0.5, 0.6) is 0 Å². The SMILES string of the molecule is CCc1ccc(C(C)C(=O)OC)cc1Cl. The fraction of sp³-hybridized carbons (Fsp3) is 0.417. The van der Waals surface area contributed by atoms with E-state index in [-0.39, 0.29) is 11.9 Å². The Hall–Kier alpha value is -1.02. The first kappa shape index (κ1) is 12.1. The van der Waals surface area contributed by atoms with Crippen molar-refractivity contribution in [2.75, 3.05) is 7.11 Å². The maximum Gasteiger partial charge on any atom is 0.312 e. The van der Waals surface area contributed by atoms with Crippen LogP contribution in [0.4, 0.5) is 0 Å². The third kappa shape index (κ3) is 2.72. The second kappa shape index (κ2) is 5.17. The number of halogens is 1. The summed E-state index contributed by atoms with van der Waals surface area (Å²) in [5.41, 5.74) is 1.99. The second-order valence-electron chi connectivity index (χ2n) is 3.45. The van der Waals surface area contributed by atoms with Gasteiger partial charge in [-0.05, 0) is 30.5 Å². The summed E-state index contributed by atoms with van der Waals surface area (Å²) in [5, 5.41) is 0.714. The summed E-state index contributed by atoms with van der Waals surface area (Å²) < 4.78 is 4.68. The molecule has 0 aliphatic rings. The average molecular weight is 227 g/mol. The third-order valence-corrected chi connectivity index (χ3v) is 2.86. The molecule has 0 N–H and O–H groups in total. The summed E-state index contributed by atoms with van der Waals surface area (Å²) in [7, 11) is 1.39. The van der Waals surface area contributed by atoms with E-state index in [9.17, 15) is 4.79 Å². The molecule has 0 fully saturated rings. The number of carbonyl (C=O) groups excluding carboxylic acids is 1. The third-order valence-electron chi connectivity index (χ3n) is 2.51. The van der Waals surface area contributed by atoms with Crippen LogP contribution in [0.25, 0.3) is 0 Å². The van der Waals surface area contributed by atoms with Crippen molar-refractivity contribution in [3.63, 3.8) is 0 Å². The average Bonchev–Trinajstić information content (AvgIpc) is 2.26. The van der Waals surface area contributed by atoms with Gasteiger partial charge >= 0.3 is 5.97 Å². The molecule has 1 rings (SSSR count). The van der Waals surface area contributed by atoms with Gasteiger partial charge < -0.3 is 4.74 Å². The number of hydrogen-bond donors (Lipinski definition) is 0. The van der Waals surface area contributed by atoms with Gasteiger partial charge in [0, 0.05) is 5.02 Å². The normalized spacial score (nSPS) is 12.3. The van der Waals surface area contributed by atoms with Gasteiger partial charge in [0.05, 0.1) is 13.0 Å². The first-order chi connectivity index (χ1) is 7.10. The summed E-state index contributed by atoms with van der Waals surface area (Å²) >= 11 is 6.07. The molecule has 0 amide bonds. The molecule has 0 spiro atoms. The van der Waals surface area contributed by atoms with Crippen molar-refractivity contribution in [1.29, 1.82) is 0 Å². The summed E-state index contributed by atoms with van der Waals surface area (Å²) in [4.78, 5) is 11.3. The molecule has 15 heavy (non-hydrogen) atoms. The lowest BCUT2D eigenvalue weighted by Gasteiger charge is -2.11. The Balaban J connectivity index is 2.97. The van der Waals surface area contributed by atoms with Crippen molar-refractivity contribution >= 4 is 17.6 Å². The fourth-order valence-electron chi connectivity index (χ4n) is 1.43. The number of esters is 1. The molecular formula is C12H15ClO2. The number of ether oxygens (including phenoxy) is 1. The fourth-order valence-corrected chi connectivity index (χ4v) is 1.76. The van der Waals surface area contributed by atoms with Crippen LogP contribution in [0.1, 0.15) is 30.9 Å². The van der Waals surface area contributed by atoms with Gasteiger partial charge in [0.15, 0.2) is 0 Å². The summed E-state index contributed by atoms with van der Waals surface area (Å²) in [6.07, 6.45) is 0.895. The van der Waals surface area contributed by atoms with Crippen LogP contribution in [0, 0.1) is 0 Å². The van der Waals surface area contributed by atoms with Gasteiger partial charge in [0.25, 0.3) is 0 Å². The van der Waals surface area contributed by atoms with Crippen molar-refractivity contribution in [2.24, 2.45) is 0 Å². The van der Waals surface area contributed by atoms with Gasteiger partial charge in [-0.25, -0.2) is 0 Å². The minimum Gasteiger partial charge on any atom is -0.469 e. The van der Waals surface area contributed by atoms with E-state index in [4.69, 9.17) is 11.6 Å². The molecule has 0 aromatic heterocycles. The van der Waals surface area contributed by atoms with Crippen LogP contribution >= 0.6 is 11.6 Å². The largest absolute Gasteiger partial charge is 0.469 e.